The second-order valence-electron chi connectivity index (χ2n) is 6.33. The monoisotopic (exact) mass is 308 g/mol. The maximum atomic E-state index is 2.32. The van der Waals surface area contributed by atoms with E-state index in [2.05, 4.69) is 102 Å². The van der Waals surface area contributed by atoms with E-state index in [0.29, 0.717) is 11.8 Å². The summed E-state index contributed by atoms with van der Waals surface area (Å²) in [6.07, 6.45) is 14.3. The highest BCUT2D eigenvalue weighted by molar-refractivity contribution is 5.76. The van der Waals surface area contributed by atoms with Crippen LogP contribution >= 0.6 is 0 Å². The van der Waals surface area contributed by atoms with E-state index in [4.69, 9.17) is 0 Å². The van der Waals surface area contributed by atoms with Gasteiger partial charge in [0.05, 0.1) is 0 Å². The average Bonchev–Trinajstić information content (AvgIpc) is 2.56. The number of hydrogen-bond donors (Lipinski definition) is 0. The molecule has 0 spiro atoms. The number of rotatable bonds is 7. The van der Waals surface area contributed by atoms with Crippen molar-refractivity contribution in [2.75, 3.05) is 0 Å². The van der Waals surface area contributed by atoms with Gasteiger partial charge >= 0.3 is 0 Å². The molecule has 1 aromatic rings. The van der Waals surface area contributed by atoms with Gasteiger partial charge in [-0.25, -0.2) is 0 Å². The second kappa shape index (κ2) is 10.0. The molecule has 0 radical (unpaired) electrons. The predicted molar refractivity (Wildman–Crippen MR) is 105 cm³/mol. The van der Waals surface area contributed by atoms with Crippen LogP contribution in [0.25, 0.3) is 5.57 Å². The third kappa shape index (κ3) is 6.06. The summed E-state index contributed by atoms with van der Waals surface area (Å²) in [5.74, 6) is 1.02. The van der Waals surface area contributed by atoms with Gasteiger partial charge in [-0.1, -0.05) is 92.6 Å². The molecule has 0 N–H and O–H groups in total. The summed E-state index contributed by atoms with van der Waals surface area (Å²) in [4.78, 5) is 0. The Morgan fingerprint density at radius 2 is 1.74 bits per heavy atom. The normalized spacial score (nSPS) is 16.3. The summed E-state index contributed by atoms with van der Waals surface area (Å²) >= 11 is 0. The van der Waals surface area contributed by atoms with Gasteiger partial charge < -0.3 is 0 Å². The lowest BCUT2D eigenvalue weighted by molar-refractivity contribution is 0.531. The number of allylic oxidation sites excluding steroid dienone is 8. The SMILES string of the molecule is C/C=C\C(=C(\C)C(C)C(C)/C=C\C=C/CC)c1ccc(C)cc1. The Bertz CT molecular complexity index is 579. The van der Waals surface area contributed by atoms with E-state index in [-0.39, 0.29) is 0 Å². The van der Waals surface area contributed by atoms with Crippen LogP contribution < -0.4 is 0 Å². The molecule has 1 rings (SSSR count). The number of benzene rings is 1. The summed E-state index contributed by atoms with van der Waals surface area (Å²) in [6.45, 7) is 13.3. The van der Waals surface area contributed by atoms with Gasteiger partial charge in [0.25, 0.3) is 0 Å². The first-order valence-corrected chi connectivity index (χ1v) is 8.75. The Labute approximate surface area is 143 Å². The topological polar surface area (TPSA) is 0 Å². The van der Waals surface area contributed by atoms with Crippen LogP contribution in [0.15, 0.2) is 66.3 Å². The zero-order valence-corrected chi connectivity index (χ0v) is 15.6. The molecule has 0 aliphatic heterocycles. The number of aryl methyl sites for hydroxylation is 1. The molecule has 0 aliphatic rings. The molecule has 1 aromatic carbocycles. The van der Waals surface area contributed by atoms with Crippen molar-refractivity contribution >= 4 is 5.57 Å². The van der Waals surface area contributed by atoms with Crippen molar-refractivity contribution in [1.82, 2.24) is 0 Å². The highest BCUT2D eigenvalue weighted by atomic mass is 14.2. The van der Waals surface area contributed by atoms with Crippen molar-refractivity contribution in [3.63, 3.8) is 0 Å². The summed E-state index contributed by atoms with van der Waals surface area (Å²) in [7, 11) is 0. The minimum absolute atomic E-state index is 0.508. The van der Waals surface area contributed by atoms with Crippen LogP contribution in [0.1, 0.15) is 52.2 Å². The third-order valence-electron chi connectivity index (χ3n) is 4.49. The smallest absolute Gasteiger partial charge is 0.0165 e. The molecule has 2 atom stereocenters. The van der Waals surface area contributed by atoms with Crippen LogP contribution in [-0.2, 0) is 0 Å². The standard InChI is InChI=1S/C23H32/c1-7-9-10-11-13-19(4)20(5)21(6)23(12-8-2)22-16-14-18(3)15-17-22/h8-17,19-20H,7H2,1-6H3/b10-9-,12-8-,13-11-,23-21+. The fourth-order valence-electron chi connectivity index (χ4n) is 2.62. The first-order chi connectivity index (χ1) is 11.0. The van der Waals surface area contributed by atoms with E-state index in [0.717, 1.165) is 6.42 Å². The molecular weight excluding hydrogens is 276 g/mol. The van der Waals surface area contributed by atoms with Gasteiger partial charge in [-0.05, 0) is 50.2 Å². The molecule has 0 bridgehead atoms. The van der Waals surface area contributed by atoms with Gasteiger partial charge in [-0.3, -0.25) is 0 Å². The first kappa shape index (κ1) is 19.2. The maximum absolute atomic E-state index is 2.32. The van der Waals surface area contributed by atoms with Gasteiger partial charge in [0.15, 0.2) is 0 Å². The average molecular weight is 309 g/mol. The largest absolute Gasteiger partial charge is 0.0870 e. The minimum Gasteiger partial charge on any atom is -0.0870 e. The van der Waals surface area contributed by atoms with Crippen LogP contribution in [0, 0.1) is 18.8 Å². The van der Waals surface area contributed by atoms with Gasteiger partial charge in [-0.15, -0.1) is 0 Å². The van der Waals surface area contributed by atoms with Crippen LogP contribution in [0.3, 0.4) is 0 Å². The van der Waals surface area contributed by atoms with E-state index >= 15 is 0 Å². The van der Waals surface area contributed by atoms with Crippen LogP contribution in [0.2, 0.25) is 0 Å². The maximum Gasteiger partial charge on any atom is -0.0165 e. The van der Waals surface area contributed by atoms with Crippen molar-refractivity contribution < 1.29 is 0 Å². The molecular formula is C23H32. The van der Waals surface area contributed by atoms with Gasteiger partial charge in [-0.2, -0.15) is 0 Å². The number of hydrogen-bond acceptors (Lipinski definition) is 0. The van der Waals surface area contributed by atoms with E-state index in [9.17, 15) is 0 Å². The molecule has 0 heterocycles. The van der Waals surface area contributed by atoms with E-state index in [1.807, 2.05) is 0 Å². The Hall–Kier alpha value is -1.82. The fourth-order valence-corrected chi connectivity index (χ4v) is 2.62. The van der Waals surface area contributed by atoms with Crippen molar-refractivity contribution in [3.8, 4) is 0 Å². The highest BCUT2D eigenvalue weighted by Crippen LogP contribution is 2.30. The molecule has 124 valence electrons. The van der Waals surface area contributed by atoms with Crippen LogP contribution in [-0.4, -0.2) is 0 Å². The van der Waals surface area contributed by atoms with E-state index in [1.54, 1.807) is 0 Å². The van der Waals surface area contributed by atoms with Gasteiger partial charge in [0.2, 0.25) is 0 Å². The lowest BCUT2D eigenvalue weighted by Gasteiger charge is -2.21. The summed E-state index contributed by atoms with van der Waals surface area (Å²) < 4.78 is 0. The molecule has 2 unspecified atom stereocenters. The van der Waals surface area contributed by atoms with Gasteiger partial charge in [0, 0.05) is 0 Å². The lowest BCUT2D eigenvalue weighted by Crippen LogP contribution is -2.08. The van der Waals surface area contributed by atoms with E-state index in [1.165, 1.54) is 22.3 Å². The molecule has 0 saturated carbocycles. The molecule has 23 heavy (non-hydrogen) atoms. The van der Waals surface area contributed by atoms with Crippen LogP contribution in [0.4, 0.5) is 0 Å². The lowest BCUT2D eigenvalue weighted by atomic mass is 9.84. The molecule has 0 amide bonds. The van der Waals surface area contributed by atoms with Crippen molar-refractivity contribution in [1.29, 1.82) is 0 Å². The Kier molecular flexibility index (Phi) is 8.40. The molecule has 0 heteroatoms. The minimum atomic E-state index is 0.508. The molecule has 0 aromatic heterocycles. The quantitative estimate of drug-likeness (QED) is 0.469. The van der Waals surface area contributed by atoms with Crippen LogP contribution in [0.5, 0.6) is 0 Å². The summed E-state index contributed by atoms with van der Waals surface area (Å²) in [6, 6.07) is 8.84. The molecule has 0 aliphatic carbocycles. The third-order valence-corrected chi connectivity index (χ3v) is 4.49. The molecule has 0 saturated heterocycles. The highest BCUT2D eigenvalue weighted by Gasteiger charge is 2.14. The zero-order valence-electron chi connectivity index (χ0n) is 15.6. The van der Waals surface area contributed by atoms with Crippen molar-refractivity contribution in [2.24, 2.45) is 11.8 Å². The summed E-state index contributed by atoms with van der Waals surface area (Å²) in [5, 5.41) is 0. The molecule has 0 nitrogen and oxygen atoms in total. The Balaban J connectivity index is 3.07. The summed E-state index contributed by atoms with van der Waals surface area (Å²) in [5.41, 5.74) is 5.41. The van der Waals surface area contributed by atoms with E-state index < -0.39 is 0 Å². The first-order valence-electron chi connectivity index (χ1n) is 8.75. The fraction of sp³-hybridized carbons (Fsp3) is 0.391. The Morgan fingerprint density at radius 3 is 2.30 bits per heavy atom. The zero-order chi connectivity index (χ0) is 17.2. The van der Waals surface area contributed by atoms with Crippen molar-refractivity contribution in [3.05, 3.63) is 77.4 Å². The second-order valence-corrected chi connectivity index (χ2v) is 6.33. The van der Waals surface area contributed by atoms with Crippen molar-refractivity contribution in [2.45, 2.75) is 48.0 Å². The molecule has 0 fully saturated rings. The van der Waals surface area contributed by atoms with Gasteiger partial charge in [0.1, 0.15) is 0 Å². The Morgan fingerprint density at radius 1 is 1.09 bits per heavy atom. The predicted octanol–water partition coefficient (Wildman–Crippen LogP) is 7.14.